The first-order valence-corrected chi connectivity index (χ1v) is 8.17. The number of benzene rings is 2. The van der Waals surface area contributed by atoms with Gasteiger partial charge in [-0.1, -0.05) is 12.1 Å². The molecule has 0 aliphatic carbocycles. The van der Waals surface area contributed by atoms with E-state index >= 15 is 0 Å². The highest BCUT2D eigenvalue weighted by Crippen LogP contribution is 2.24. The molecule has 0 saturated heterocycles. The lowest BCUT2D eigenvalue weighted by Crippen LogP contribution is -2.11. The normalized spacial score (nSPS) is 10.6. The first-order valence-electron chi connectivity index (χ1n) is 8.17. The van der Waals surface area contributed by atoms with E-state index in [0.29, 0.717) is 29.6 Å². The van der Waals surface area contributed by atoms with Crippen LogP contribution in [0.15, 0.2) is 48.5 Å². The zero-order valence-corrected chi connectivity index (χ0v) is 14.5. The number of methoxy groups -OCH3 is 1. The summed E-state index contributed by atoms with van der Waals surface area (Å²) in [4.78, 5) is 26.2. The number of fused-ring (bicyclic) bond motifs is 1. The van der Waals surface area contributed by atoms with E-state index in [9.17, 15) is 20.0 Å². The van der Waals surface area contributed by atoms with E-state index in [-0.39, 0.29) is 17.1 Å². The van der Waals surface area contributed by atoms with Gasteiger partial charge in [-0.2, -0.15) is 0 Å². The molecule has 8 heteroatoms. The van der Waals surface area contributed by atoms with Crippen molar-refractivity contribution in [3.63, 3.8) is 0 Å². The number of hydrogen-bond acceptors (Lipinski definition) is 6. The summed E-state index contributed by atoms with van der Waals surface area (Å²) in [5, 5.41) is 23.9. The van der Waals surface area contributed by atoms with Crippen LogP contribution in [-0.2, 0) is 6.42 Å². The Kier molecular flexibility index (Phi) is 5.16. The molecule has 2 aromatic carbocycles. The third-order valence-corrected chi connectivity index (χ3v) is 4.11. The largest absolute Gasteiger partial charge is 0.497 e. The molecule has 0 aliphatic rings. The Hall–Kier alpha value is -3.68. The topological polar surface area (TPSA) is 115 Å². The Morgan fingerprint density at radius 2 is 1.96 bits per heavy atom. The van der Waals surface area contributed by atoms with E-state index < -0.39 is 10.9 Å². The molecular weight excluding hydrogens is 350 g/mol. The number of pyridine rings is 1. The second-order valence-electron chi connectivity index (χ2n) is 5.85. The van der Waals surface area contributed by atoms with Crippen molar-refractivity contribution in [2.45, 2.75) is 6.42 Å². The van der Waals surface area contributed by atoms with Gasteiger partial charge >= 0.3 is 5.97 Å². The fraction of sp³-hybridized carbons (Fsp3) is 0.158. The van der Waals surface area contributed by atoms with Crippen LogP contribution in [0.4, 0.5) is 11.5 Å². The molecule has 2 N–H and O–H groups in total. The maximum absolute atomic E-state index is 11.6. The Balaban J connectivity index is 1.79. The quantitative estimate of drug-likeness (QED) is 0.485. The smallest absolute Gasteiger partial charge is 0.339 e. The molecule has 0 aliphatic heterocycles. The van der Waals surface area contributed by atoms with Gasteiger partial charge < -0.3 is 15.2 Å². The van der Waals surface area contributed by atoms with Crippen molar-refractivity contribution in [3.05, 3.63) is 69.8 Å². The first-order chi connectivity index (χ1) is 13.0. The average molecular weight is 367 g/mol. The number of nitrogens with zero attached hydrogens (tertiary/aromatic N) is 2. The SMILES string of the molecule is COc1ccc2cc(C(=O)O)c(NCCc3ccc([N+](=O)[O-])cc3)nc2c1. The van der Waals surface area contributed by atoms with Gasteiger partial charge in [-0.05, 0) is 30.2 Å². The molecule has 27 heavy (non-hydrogen) atoms. The van der Waals surface area contributed by atoms with E-state index in [1.165, 1.54) is 12.1 Å². The van der Waals surface area contributed by atoms with Gasteiger partial charge in [-0.15, -0.1) is 0 Å². The Morgan fingerprint density at radius 3 is 2.59 bits per heavy atom. The van der Waals surface area contributed by atoms with Crippen LogP contribution in [-0.4, -0.2) is 34.6 Å². The predicted octanol–water partition coefficient (Wildman–Crippen LogP) is 3.50. The zero-order valence-electron chi connectivity index (χ0n) is 14.5. The minimum Gasteiger partial charge on any atom is -0.497 e. The van der Waals surface area contributed by atoms with Crippen molar-refractivity contribution < 1.29 is 19.6 Å². The number of non-ortho nitro benzene ring substituents is 1. The number of nitro benzene ring substituents is 1. The van der Waals surface area contributed by atoms with Crippen LogP contribution in [0.5, 0.6) is 5.75 Å². The lowest BCUT2D eigenvalue weighted by molar-refractivity contribution is -0.384. The first kappa shape index (κ1) is 18.1. The number of carbonyl (C=O) groups is 1. The van der Waals surface area contributed by atoms with Crippen LogP contribution in [0.25, 0.3) is 10.9 Å². The van der Waals surface area contributed by atoms with Crippen molar-refractivity contribution in [1.82, 2.24) is 4.98 Å². The maximum atomic E-state index is 11.6. The number of carboxylic acids is 1. The minimum absolute atomic E-state index is 0.0324. The molecule has 0 fully saturated rings. The molecule has 1 heterocycles. The summed E-state index contributed by atoms with van der Waals surface area (Å²) in [5.41, 5.74) is 1.63. The molecule has 0 saturated carbocycles. The number of nitro groups is 1. The highest BCUT2D eigenvalue weighted by molar-refractivity contribution is 5.98. The number of hydrogen-bond donors (Lipinski definition) is 2. The van der Waals surface area contributed by atoms with Crippen LogP contribution in [0.3, 0.4) is 0 Å². The van der Waals surface area contributed by atoms with Gasteiger partial charge in [-0.3, -0.25) is 10.1 Å². The third-order valence-electron chi connectivity index (χ3n) is 4.11. The maximum Gasteiger partial charge on any atom is 0.339 e. The molecule has 0 radical (unpaired) electrons. The summed E-state index contributed by atoms with van der Waals surface area (Å²) in [5.74, 6) is -0.168. The molecule has 3 rings (SSSR count). The molecule has 0 atom stereocenters. The van der Waals surface area contributed by atoms with Gasteiger partial charge in [0.2, 0.25) is 0 Å². The van der Waals surface area contributed by atoms with E-state index in [1.54, 1.807) is 43.5 Å². The Morgan fingerprint density at radius 1 is 1.22 bits per heavy atom. The number of carboxylic acid groups (broad SMARTS) is 1. The minimum atomic E-state index is -1.07. The van der Waals surface area contributed by atoms with E-state index in [1.807, 2.05) is 0 Å². The number of aromatic nitrogens is 1. The summed E-state index contributed by atoms with van der Waals surface area (Å²) in [6.07, 6.45) is 0.564. The highest BCUT2D eigenvalue weighted by Gasteiger charge is 2.14. The average Bonchev–Trinajstić information content (AvgIpc) is 2.67. The van der Waals surface area contributed by atoms with Crippen molar-refractivity contribution in [1.29, 1.82) is 0 Å². The van der Waals surface area contributed by atoms with E-state index in [4.69, 9.17) is 4.74 Å². The van der Waals surface area contributed by atoms with Gasteiger partial charge in [0.1, 0.15) is 17.1 Å². The van der Waals surface area contributed by atoms with Crippen molar-refractivity contribution in [2.75, 3.05) is 19.0 Å². The second-order valence-corrected chi connectivity index (χ2v) is 5.85. The monoisotopic (exact) mass is 367 g/mol. The molecule has 3 aromatic rings. The van der Waals surface area contributed by atoms with Crippen LogP contribution in [0, 0.1) is 10.1 Å². The molecule has 0 spiro atoms. The zero-order chi connectivity index (χ0) is 19.4. The van der Waals surface area contributed by atoms with E-state index in [2.05, 4.69) is 10.3 Å². The van der Waals surface area contributed by atoms with Crippen molar-refractivity contribution in [3.8, 4) is 5.75 Å². The molecule has 0 unspecified atom stereocenters. The van der Waals surface area contributed by atoms with Gasteiger partial charge in [0.15, 0.2) is 0 Å². The number of aromatic carboxylic acids is 1. The molecule has 1 aromatic heterocycles. The molecule has 0 amide bonds. The predicted molar refractivity (Wildman–Crippen MR) is 101 cm³/mol. The highest BCUT2D eigenvalue weighted by atomic mass is 16.6. The fourth-order valence-corrected chi connectivity index (χ4v) is 2.68. The van der Waals surface area contributed by atoms with Gasteiger partial charge in [0.25, 0.3) is 5.69 Å². The lowest BCUT2D eigenvalue weighted by Gasteiger charge is -2.11. The summed E-state index contributed by atoms with van der Waals surface area (Å²) in [6.45, 7) is 0.431. The Bertz CT molecular complexity index is 1000. The van der Waals surface area contributed by atoms with Crippen molar-refractivity contribution in [2.24, 2.45) is 0 Å². The summed E-state index contributed by atoms with van der Waals surface area (Å²) < 4.78 is 5.18. The van der Waals surface area contributed by atoms with Crippen LogP contribution in [0.1, 0.15) is 15.9 Å². The summed E-state index contributed by atoms with van der Waals surface area (Å²) in [7, 11) is 1.55. The fourth-order valence-electron chi connectivity index (χ4n) is 2.68. The van der Waals surface area contributed by atoms with E-state index in [0.717, 1.165) is 5.56 Å². The number of ether oxygens (including phenoxy) is 1. The molecule has 138 valence electrons. The summed E-state index contributed by atoms with van der Waals surface area (Å²) in [6, 6.07) is 13.1. The number of anilines is 1. The third kappa shape index (κ3) is 4.12. The van der Waals surface area contributed by atoms with Gasteiger partial charge in [0, 0.05) is 30.1 Å². The molecule has 0 bridgehead atoms. The number of nitrogens with one attached hydrogen (secondary N) is 1. The standard InChI is InChI=1S/C19H17N3O5/c1-27-15-7-4-13-10-16(19(23)24)18(21-17(13)11-15)20-9-8-12-2-5-14(6-3-12)22(25)26/h2-7,10-11H,8-9H2,1H3,(H,20,21)(H,23,24). The van der Waals surface area contributed by atoms with Crippen LogP contribution < -0.4 is 10.1 Å². The van der Waals surface area contributed by atoms with Crippen molar-refractivity contribution >= 4 is 28.4 Å². The summed E-state index contributed by atoms with van der Waals surface area (Å²) >= 11 is 0. The lowest BCUT2D eigenvalue weighted by atomic mass is 10.1. The van der Waals surface area contributed by atoms with Gasteiger partial charge in [-0.25, -0.2) is 9.78 Å². The van der Waals surface area contributed by atoms with Crippen LogP contribution >= 0.6 is 0 Å². The Labute approximate surface area is 154 Å². The molecule has 8 nitrogen and oxygen atoms in total. The second kappa shape index (κ2) is 7.69. The number of rotatable bonds is 7. The van der Waals surface area contributed by atoms with Gasteiger partial charge in [0.05, 0.1) is 17.5 Å². The van der Waals surface area contributed by atoms with Crippen LogP contribution in [0.2, 0.25) is 0 Å². The molecular formula is C19H17N3O5.